The minimum atomic E-state index is -3.43. The molecule has 174 valence electrons. The van der Waals surface area contributed by atoms with Gasteiger partial charge in [-0.2, -0.15) is 0 Å². The molecule has 0 saturated heterocycles. The smallest absolute Gasteiger partial charge is 0.251 e. The van der Waals surface area contributed by atoms with Crippen molar-refractivity contribution in [2.75, 3.05) is 6.26 Å². The molecule has 0 bridgehead atoms. The summed E-state index contributed by atoms with van der Waals surface area (Å²) in [7, 11) is -3.43. The molecule has 3 aromatic carbocycles. The van der Waals surface area contributed by atoms with Crippen LogP contribution in [-0.4, -0.2) is 20.6 Å². The minimum absolute atomic E-state index is 0.0129. The van der Waals surface area contributed by atoms with Gasteiger partial charge < -0.3 is 5.32 Å². The van der Waals surface area contributed by atoms with E-state index in [2.05, 4.69) is 10.0 Å². The zero-order valence-electron chi connectivity index (χ0n) is 18.3. The van der Waals surface area contributed by atoms with E-state index in [9.17, 15) is 17.6 Å². The molecular weight excluding hydrogens is 486 g/mol. The zero-order valence-corrected chi connectivity index (χ0v) is 20.6. The van der Waals surface area contributed by atoms with Crippen LogP contribution in [0.3, 0.4) is 0 Å². The van der Waals surface area contributed by atoms with Crippen LogP contribution in [0.1, 0.15) is 32.6 Å². The Hall–Kier alpha value is -2.45. The number of rotatable bonds is 7. The Morgan fingerprint density at radius 2 is 1.64 bits per heavy atom. The van der Waals surface area contributed by atoms with Crippen molar-refractivity contribution in [3.63, 3.8) is 0 Å². The van der Waals surface area contributed by atoms with Crippen molar-refractivity contribution in [3.05, 3.63) is 92.2 Å². The van der Waals surface area contributed by atoms with Crippen molar-refractivity contribution in [2.24, 2.45) is 0 Å². The predicted molar refractivity (Wildman–Crippen MR) is 131 cm³/mol. The van der Waals surface area contributed by atoms with E-state index in [1.54, 1.807) is 56.3 Å². The molecule has 33 heavy (non-hydrogen) atoms. The second-order valence-corrected chi connectivity index (χ2v) is 10.5. The molecule has 0 radical (unpaired) electrons. The summed E-state index contributed by atoms with van der Waals surface area (Å²) in [6.45, 7) is 3.69. The molecule has 0 fully saturated rings. The van der Waals surface area contributed by atoms with E-state index in [1.807, 2.05) is 0 Å². The number of carbonyl (C=O) groups is 1. The van der Waals surface area contributed by atoms with Gasteiger partial charge in [0.1, 0.15) is 5.82 Å². The zero-order chi connectivity index (χ0) is 24.3. The maximum atomic E-state index is 14.0. The second kappa shape index (κ2) is 10.2. The van der Waals surface area contributed by atoms with Crippen LogP contribution < -0.4 is 10.0 Å². The molecule has 0 aliphatic rings. The third-order valence-corrected chi connectivity index (χ3v) is 6.45. The highest BCUT2D eigenvalue weighted by molar-refractivity contribution is 7.88. The summed E-state index contributed by atoms with van der Waals surface area (Å²) in [6.07, 6.45) is 1.06. The summed E-state index contributed by atoms with van der Waals surface area (Å²) >= 11 is 12.0. The standard InChI is InChI=1S/C24H23Cl2FN2O3S/c1-14-7-23(27)15(2)6-20(14)18-8-17(13-29-33(3,31)32)9-19(11-18)24(30)28-12-16-4-5-21(25)22(26)10-16/h4-11,29H,12-13H2,1-3H3,(H,28,30). The summed E-state index contributed by atoms with van der Waals surface area (Å²) < 4.78 is 39.6. The van der Waals surface area contributed by atoms with Gasteiger partial charge in [0.25, 0.3) is 5.91 Å². The molecule has 3 rings (SSSR count). The first-order valence-corrected chi connectivity index (χ1v) is 12.7. The summed E-state index contributed by atoms with van der Waals surface area (Å²) in [5, 5.41) is 3.65. The molecule has 3 aromatic rings. The molecule has 1 amide bonds. The molecule has 9 heteroatoms. The molecule has 0 heterocycles. The highest BCUT2D eigenvalue weighted by atomic mass is 35.5. The van der Waals surface area contributed by atoms with Gasteiger partial charge in [0.15, 0.2) is 0 Å². The number of hydrogen-bond donors (Lipinski definition) is 2. The van der Waals surface area contributed by atoms with E-state index in [0.717, 1.165) is 17.4 Å². The molecular formula is C24H23Cl2FN2O3S. The van der Waals surface area contributed by atoms with Gasteiger partial charge in [0.2, 0.25) is 10.0 Å². The maximum Gasteiger partial charge on any atom is 0.251 e. The minimum Gasteiger partial charge on any atom is -0.348 e. The average Bonchev–Trinajstić information content (AvgIpc) is 2.74. The topological polar surface area (TPSA) is 75.3 Å². The number of benzene rings is 3. The van der Waals surface area contributed by atoms with Crippen LogP contribution in [0, 0.1) is 19.7 Å². The van der Waals surface area contributed by atoms with Gasteiger partial charge >= 0.3 is 0 Å². The fourth-order valence-electron chi connectivity index (χ4n) is 3.32. The number of aryl methyl sites for hydroxylation is 2. The monoisotopic (exact) mass is 508 g/mol. The van der Waals surface area contributed by atoms with E-state index < -0.39 is 10.0 Å². The number of amides is 1. The summed E-state index contributed by atoms with van der Waals surface area (Å²) in [4.78, 5) is 12.9. The van der Waals surface area contributed by atoms with Gasteiger partial charge in [-0.15, -0.1) is 0 Å². The Balaban J connectivity index is 1.95. The molecule has 0 saturated carbocycles. The molecule has 0 aliphatic carbocycles. The Morgan fingerprint density at radius 1 is 0.909 bits per heavy atom. The van der Waals surface area contributed by atoms with Gasteiger partial charge in [-0.1, -0.05) is 29.3 Å². The van der Waals surface area contributed by atoms with E-state index in [0.29, 0.717) is 37.9 Å². The van der Waals surface area contributed by atoms with Gasteiger partial charge in [-0.05, 0) is 89.7 Å². The second-order valence-electron chi connectivity index (χ2n) is 7.86. The number of hydrogen-bond acceptors (Lipinski definition) is 3. The molecule has 0 atom stereocenters. The lowest BCUT2D eigenvalue weighted by Gasteiger charge is -2.14. The SMILES string of the molecule is Cc1cc(-c2cc(CNS(C)(=O)=O)cc(C(=O)NCc3ccc(Cl)c(Cl)c3)c2)c(C)cc1F. The van der Waals surface area contributed by atoms with Crippen LogP contribution in [0.15, 0.2) is 48.5 Å². The van der Waals surface area contributed by atoms with Crippen molar-refractivity contribution >= 4 is 39.1 Å². The summed E-state index contributed by atoms with van der Waals surface area (Å²) in [6, 6.07) is 13.4. The molecule has 0 aliphatic heterocycles. The molecule has 0 unspecified atom stereocenters. The van der Waals surface area contributed by atoms with Crippen molar-refractivity contribution < 1.29 is 17.6 Å². The first-order chi connectivity index (χ1) is 15.4. The largest absolute Gasteiger partial charge is 0.348 e. The van der Waals surface area contributed by atoms with E-state index in [1.165, 1.54) is 6.07 Å². The van der Waals surface area contributed by atoms with Crippen LogP contribution in [0.5, 0.6) is 0 Å². The van der Waals surface area contributed by atoms with E-state index >= 15 is 0 Å². The number of carbonyl (C=O) groups excluding carboxylic acids is 1. The fraction of sp³-hybridized carbons (Fsp3) is 0.208. The van der Waals surface area contributed by atoms with Gasteiger partial charge in [-0.25, -0.2) is 17.5 Å². The lowest BCUT2D eigenvalue weighted by Crippen LogP contribution is -2.24. The third kappa shape index (κ3) is 6.77. The summed E-state index contributed by atoms with van der Waals surface area (Å²) in [5.74, 6) is -0.661. The Morgan fingerprint density at radius 3 is 2.30 bits per heavy atom. The fourth-order valence-corrected chi connectivity index (χ4v) is 4.07. The van der Waals surface area contributed by atoms with Gasteiger partial charge in [0, 0.05) is 18.7 Å². The van der Waals surface area contributed by atoms with Crippen LogP contribution in [0.4, 0.5) is 4.39 Å². The first-order valence-electron chi connectivity index (χ1n) is 10.0. The normalized spacial score (nSPS) is 11.5. The third-order valence-electron chi connectivity index (χ3n) is 5.05. The molecule has 5 nitrogen and oxygen atoms in total. The quantitative estimate of drug-likeness (QED) is 0.448. The lowest BCUT2D eigenvalue weighted by atomic mass is 9.94. The van der Waals surface area contributed by atoms with Gasteiger partial charge in [0.05, 0.1) is 16.3 Å². The van der Waals surface area contributed by atoms with Crippen LogP contribution in [0.25, 0.3) is 11.1 Å². The highest BCUT2D eigenvalue weighted by Crippen LogP contribution is 2.28. The first kappa shape index (κ1) is 25.2. The predicted octanol–water partition coefficient (Wildman–Crippen LogP) is 5.40. The van der Waals surface area contributed by atoms with Crippen molar-refractivity contribution in [3.8, 4) is 11.1 Å². The summed E-state index contributed by atoms with van der Waals surface area (Å²) in [5.41, 5.74) is 4.34. The van der Waals surface area contributed by atoms with Crippen LogP contribution >= 0.6 is 23.2 Å². The van der Waals surface area contributed by atoms with Crippen LogP contribution in [-0.2, 0) is 23.1 Å². The molecule has 2 N–H and O–H groups in total. The van der Waals surface area contributed by atoms with Crippen molar-refractivity contribution in [2.45, 2.75) is 26.9 Å². The molecule has 0 aromatic heterocycles. The molecule has 0 spiro atoms. The lowest BCUT2D eigenvalue weighted by molar-refractivity contribution is 0.0951. The van der Waals surface area contributed by atoms with Gasteiger partial charge in [-0.3, -0.25) is 4.79 Å². The Labute approximate surface area is 203 Å². The number of halogens is 3. The van der Waals surface area contributed by atoms with E-state index in [4.69, 9.17) is 23.2 Å². The van der Waals surface area contributed by atoms with E-state index in [-0.39, 0.29) is 24.8 Å². The van der Waals surface area contributed by atoms with Crippen molar-refractivity contribution in [1.29, 1.82) is 0 Å². The van der Waals surface area contributed by atoms with Crippen LogP contribution in [0.2, 0.25) is 10.0 Å². The number of nitrogens with one attached hydrogen (secondary N) is 2. The maximum absolute atomic E-state index is 14.0. The van der Waals surface area contributed by atoms with Crippen molar-refractivity contribution in [1.82, 2.24) is 10.0 Å². The highest BCUT2D eigenvalue weighted by Gasteiger charge is 2.14. The Bertz CT molecular complexity index is 1330. The number of sulfonamides is 1. The Kier molecular flexibility index (Phi) is 7.80. The average molecular weight is 509 g/mol.